The Morgan fingerprint density at radius 1 is 1.12 bits per heavy atom. The lowest BCUT2D eigenvalue weighted by Crippen LogP contribution is -2.40. The molecule has 1 aromatic heterocycles. The normalized spacial score (nSPS) is 16.7. The number of fused-ring (bicyclic) bond motifs is 3. The molecular formula is C27H30N2O3S. The molecule has 1 aliphatic carbocycles. The van der Waals surface area contributed by atoms with E-state index in [2.05, 4.69) is 32.0 Å². The van der Waals surface area contributed by atoms with Crippen LogP contribution in [0.5, 0.6) is 0 Å². The van der Waals surface area contributed by atoms with Crippen LogP contribution in [0.1, 0.15) is 43.9 Å². The molecule has 33 heavy (non-hydrogen) atoms. The lowest BCUT2D eigenvalue weighted by atomic mass is 9.69. The van der Waals surface area contributed by atoms with E-state index in [4.69, 9.17) is 9.72 Å². The van der Waals surface area contributed by atoms with Crippen molar-refractivity contribution in [2.75, 3.05) is 12.4 Å². The Morgan fingerprint density at radius 2 is 1.85 bits per heavy atom. The number of hydrogen-bond acceptors (Lipinski definition) is 5. The second-order valence-electron chi connectivity index (χ2n) is 8.65. The Labute approximate surface area is 199 Å². The van der Waals surface area contributed by atoms with Crippen molar-refractivity contribution in [3.8, 4) is 11.3 Å². The number of nitrogens with zero attached hydrogens (tertiary/aromatic N) is 2. The molecule has 0 aliphatic heterocycles. The first-order valence-corrected chi connectivity index (χ1v) is 12.5. The molecule has 0 fully saturated rings. The Hall–Kier alpha value is -2.86. The molecule has 0 N–H and O–H groups in total. The lowest BCUT2D eigenvalue weighted by Gasteiger charge is -2.35. The summed E-state index contributed by atoms with van der Waals surface area (Å²) in [5.74, 6) is -0.181. The third kappa shape index (κ3) is 4.76. The molecule has 0 spiro atoms. The number of esters is 1. The predicted molar refractivity (Wildman–Crippen MR) is 133 cm³/mol. The van der Waals surface area contributed by atoms with Crippen molar-refractivity contribution in [2.45, 2.75) is 57.1 Å². The van der Waals surface area contributed by atoms with E-state index in [-0.39, 0.29) is 22.7 Å². The maximum Gasteiger partial charge on any atom is 0.316 e. The Morgan fingerprint density at radius 3 is 2.58 bits per heavy atom. The summed E-state index contributed by atoms with van der Waals surface area (Å²) < 4.78 is 6.87. The van der Waals surface area contributed by atoms with Crippen LogP contribution in [0.2, 0.25) is 0 Å². The average Bonchev–Trinajstić information content (AvgIpc) is 2.83. The van der Waals surface area contributed by atoms with Crippen LogP contribution in [-0.2, 0) is 34.3 Å². The van der Waals surface area contributed by atoms with Gasteiger partial charge >= 0.3 is 5.97 Å². The number of thioether (sulfide) groups is 1. The SMILES string of the molecule is CCOC(=O)CSc1nc2c(c(=O)n1CCc1ccccc1)C(C)(CC)Cc1ccccc1-2. The Balaban J connectivity index is 1.83. The van der Waals surface area contributed by atoms with Crippen LogP contribution < -0.4 is 5.56 Å². The smallest absolute Gasteiger partial charge is 0.316 e. The molecule has 1 aliphatic rings. The van der Waals surface area contributed by atoms with Crippen LogP contribution in [0.15, 0.2) is 64.5 Å². The number of benzene rings is 2. The van der Waals surface area contributed by atoms with Gasteiger partial charge in [-0.3, -0.25) is 14.2 Å². The summed E-state index contributed by atoms with van der Waals surface area (Å²) >= 11 is 1.28. The van der Waals surface area contributed by atoms with Crippen molar-refractivity contribution in [3.63, 3.8) is 0 Å². The molecule has 2 aromatic carbocycles. The molecule has 1 unspecified atom stereocenters. The molecule has 0 radical (unpaired) electrons. The summed E-state index contributed by atoms with van der Waals surface area (Å²) in [6, 6.07) is 18.3. The second-order valence-corrected chi connectivity index (χ2v) is 9.59. The molecule has 0 bridgehead atoms. The molecule has 1 heterocycles. The number of carbonyl (C=O) groups excluding carboxylic acids is 1. The maximum atomic E-state index is 14.0. The van der Waals surface area contributed by atoms with E-state index >= 15 is 0 Å². The summed E-state index contributed by atoms with van der Waals surface area (Å²) in [6.45, 7) is 6.93. The van der Waals surface area contributed by atoms with Crippen LogP contribution in [0.25, 0.3) is 11.3 Å². The third-order valence-electron chi connectivity index (χ3n) is 6.46. The number of hydrogen-bond donors (Lipinski definition) is 0. The summed E-state index contributed by atoms with van der Waals surface area (Å²) in [4.78, 5) is 31.1. The van der Waals surface area contributed by atoms with Gasteiger partial charge in [0.25, 0.3) is 5.56 Å². The minimum Gasteiger partial charge on any atom is -0.465 e. The van der Waals surface area contributed by atoms with Gasteiger partial charge in [0.1, 0.15) is 0 Å². The topological polar surface area (TPSA) is 61.2 Å². The fourth-order valence-electron chi connectivity index (χ4n) is 4.51. The summed E-state index contributed by atoms with van der Waals surface area (Å²) in [5.41, 5.74) is 4.65. The molecule has 6 heteroatoms. The number of aryl methyl sites for hydroxylation is 1. The fraction of sp³-hybridized carbons (Fsp3) is 0.370. The second kappa shape index (κ2) is 9.96. The minimum atomic E-state index is -0.303. The summed E-state index contributed by atoms with van der Waals surface area (Å²) in [7, 11) is 0. The highest BCUT2D eigenvalue weighted by molar-refractivity contribution is 7.99. The number of rotatable bonds is 8. The molecule has 3 aromatic rings. The molecule has 172 valence electrons. The van der Waals surface area contributed by atoms with E-state index in [1.807, 2.05) is 36.4 Å². The van der Waals surface area contributed by atoms with Gasteiger partial charge in [0.05, 0.1) is 23.6 Å². The molecular weight excluding hydrogens is 432 g/mol. The van der Waals surface area contributed by atoms with Gasteiger partial charge in [0, 0.05) is 17.5 Å². The average molecular weight is 463 g/mol. The van der Waals surface area contributed by atoms with Crippen molar-refractivity contribution in [1.82, 2.24) is 9.55 Å². The number of carbonyl (C=O) groups is 1. The van der Waals surface area contributed by atoms with Gasteiger partial charge in [-0.2, -0.15) is 0 Å². The van der Waals surface area contributed by atoms with Gasteiger partial charge in [-0.05, 0) is 37.3 Å². The summed E-state index contributed by atoms with van der Waals surface area (Å²) in [6.07, 6.45) is 2.38. The Kier molecular flexibility index (Phi) is 7.03. The van der Waals surface area contributed by atoms with Crippen LogP contribution in [-0.4, -0.2) is 27.9 Å². The van der Waals surface area contributed by atoms with E-state index in [9.17, 15) is 9.59 Å². The highest BCUT2D eigenvalue weighted by Crippen LogP contribution is 2.42. The van der Waals surface area contributed by atoms with Crippen molar-refractivity contribution in [2.24, 2.45) is 0 Å². The fourth-order valence-corrected chi connectivity index (χ4v) is 5.33. The van der Waals surface area contributed by atoms with Crippen LogP contribution in [0.3, 0.4) is 0 Å². The van der Waals surface area contributed by atoms with Gasteiger partial charge in [-0.15, -0.1) is 0 Å². The van der Waals surface area contributed by atoms with E-state index in [0.717, 1.165) is 35.2 Å². The lowest BCUT2D eigenvalue weighted by molar-refractivity contribution is -0.139. The summed E-state index contributed by atoms with van der Waals surface area (Å²) in [5, 5.41) is 0.567. The van der Waals surface area contributed by atoms with Crippen LogP contribution in [0.4, 0.5) is 0 Å². The quantitative estimate of drug-likeness (QED) is 0.267. The first-order chi connectivity index (χ1) is 16.0. The van der Waals surface area contributed by atoms with Crippen molar-refractivity contribution in [1.29, 1.82) is 0 Å². The van der Waals surface area contributed by atoms with Crippen molar-refractivity contribution >= 4 is 17.7 Å². The van der Waals surface area contributed by atoms with Gasteiger partial charge in [0.15, 0.2) is 5.16 Å². The molecule has 4 rings (SSSR count). The predicted octanol–water partition coefficient (Wildman–Crippen LogP) is 5.03. The molecule has 5 nitrogen and oxygen atoms in total. The molecule has 0 amide bonds. The third-order valence-corrected chi connectivity index (χ3v) is 7.41. The maximum absolute atomic E-state index is 14.0. The highest BCUT2D eigenvalue weighted by atomic mass is 32.2. The first kappa shape index (κ1) is 23.3. The standard InChI is InChI=1S/C27H30N2O3S/c1-4-27(3)17-20-13-9-10-14-21(20)24-23(27)25(31)29(16-15-19-11-7-6-8-12-19)26(28-24)33-18-22(30)32-5-2/h6-14H,4-5,15-18H2,1-3H3. The first-order valence-electron chi connectivity index (χ1n) is 11.5. The Bertz CT molecular complexity index is 1210. The monoisotopic (exact) mass is 462 g/mol. The zero-order chi connectivity index (χ0) is 23.4. The van der Waals surface area contributed by atoms with E-state index in [1.165, 1.54) is 17.3 Å². The highest BCUT2D eigenvalue weighted by Gasteiger charge is 2.38. The molecule has 0 saturated heterocycles. The number of aromatic nitrogens is 2. The molecule has 0 saturated carbocycles. The van der Waals surface area contributed by atoms with Crippen LogP contribution in [0, 0.1) is 0 Å². The van der Waals surface area contributed by atoms with E-state index < -0.39 is 0 Å². The number of ether oxygens (including phenoxy) is 1. The van der Waals surface area contributed by atoms with Crippen molar-refractivity contribution in [3.05, 3.63) is 81.6 Å². The van der Waals surface area contributed by atoms with Gasteiger partial charge in [-0.25, -0.2) is 4.98 Å². The van der Waals surface area contributed by atoms with E-state index in [1.54, 1.807) is 11.5 Å². The largest absolute Gasteiger partial charge is 0.465 e. The van der Waals surface area contributed by atoms with Crippen molar-refractivity contribution < 1.29 is 9.53 Å². The van der Waals surface area contributed by atoms with Crippen LogP contribution >= 0.6 is 11.8 Å². The minimum absolute atomic E-state index is 0.00106. The molecule has 1 atom stereocenters. The van der Waals surface area contributed by atoms with E-state index in [0.29, 0.717) is 24.7 Å². The van der Waals surface area contributed by atoms with Gasteiger partial charge in [0.2, 0.25) is 0 Å². The van der Waals surface area contributed by atoms with Gasteiger partial charge in [-0.1, -0.05) is 80.2 Å². The zero-order valence-corrected chi connectivity index (χ0v) is 20.3. The van der Waals surface area contributed by atoms with Gasteiger partial charge < -0.3 is 4.74 Å². The zero-order valence-electron chi connectivity index (χ0n) is 19.5.